The highest BCUT2D eigenvalue weighted by Crippen LogP contribution is 2.30. The van der Waals surface area contributed by atoms with Crippen LogP contribution in [0.3, 0.4) is 0 Å². The first-order valence-electron chi connectivity index (χ1n) is 7.62. The standard InChI is InChI=1S/C15H20N2O7/c1-4-10-6-17(15(21)16-14(10)20)13-5-11(23-9(3)19)12(24-13)7-22-8(2)18/h6,11-13H,4-5,7H2,1-3H3,(H,16,20,21)/t11-,12+,13+/m0/s1. The molecule has 1 fully saturated rings. The minimum Gasteiger partial charge on any atom is -0.463 e. The second kappa shape index (κ2) is 7.43. The minimum absolute atomic E-state index is 0.0947. The molecule has 1 aliphatic rings. The quantitative estimate of drug-likeness (QED) is 0.743. The summed E-state index contributed by atoms with van der Waals surface area (Å²) in [5, 5.41) is 0. The number of nitrogens with one attached hydrogen (secondary N) is 1. The number of nitrogens with zero attached hydrogens (tertiary/aromatic N) is 1. The summed E-state index contributed by atoms with van der Waals surface area (Å²) in [4.78, 5) is 48.1. The van der Waals surface area contributed by atoms with Crippen LogP contribution < -0.4 is 11.2 Å². The van der Waals surface area contributed by atoms with E-state index >= 15 is 0 Å². The Morgan fingerprint density at radius 1 is 1.33 bits per heavy atom. The van der Waals surface area contributed by atoms with Crippen molar-refractivity contribution < 1.29 is 23.8 Å². The van der Waals surface area contributed by atoms with E-state index in [1.54, 1.807) is 6.92 Å². The van der Waals surface area contributed by atoms with E-state index in [0.717, 1.165) is 0 Å². The monoisotopic (exact) mass is 340 g/mol. The molecule has 1 aromatic heterocycles. The molecule has 9 nitrogen and oxygen atoms in total. The molecule has 0 unspecified atom stereocenters. The summed E-state index contributed by atoms with van der Waals surface area (Å²) in [6, 6.07) is 0. The highest BCUT2D eigenvalue weighted by Gasteiger charge is 2.39. The van der Waals surface area contributed by atoms with Crippen LogP contribution in [0, 0.1) is 0 Å². The first-order chi connectivity index (χ1) is 11.3. The van der Waals surface area contributed by atoms with Gasteiger partial charge in [0.2, 0.25) is 0 Å². The Morgan fingerprint density at radius 3 is 2.62 bits per heavy atom. The topological polar surface area (TPSA) is 117 Å². The maximum absolute atomic E-state index is 12.0. The van der Waals surface area contributed by atoms with Gasteiger partial charge in [0.1, 0.15) is 25.0 Å². The van der Waals surface area contributed by atoms with E-state index in [9.17, 15) is 19.2 Å². The molecule has 0 amide bonds. The predicted octanol–water partition coefficient (Wildman–Crippen LogP) is -0.119. The van der Waals surface area contributed by atoms with Crippen molar-refractivity contribution in [3.05, 3.63) is 32.6 Å². The van der Waals surface area contributed by atoms with Gasteiger partial charge in [0.25, 0.3) is 5.56 Å². The van der Waals surface area contributed by atoms with Gasteiger partial charge in [-0.25, -0.2) is 4.79 Å². The number of aromatic nitrogens is 2. The summed E-state index contributed by atoms with van der Waals surface area (Å²) >= 11 is 0. The van der Waals surface area contributed by atoms with Crippen molar-refractivity contribution in [2.75, 3.05) is 6.61 Å². The lowest BCUT2D eigenvalue weighted by Gasteiger charge is -2.17. The van der Waals surface area contributed by atoms with Gasteiger partial charge < -0.3 is 14.2 Å². The summed E-state index contributed by atoms with van der Waals surface area (Å²) in [7, 11) is 0. The normalized spacial score (nSPS) is 23.0. The van der Waals surface area contributed by atoms with Gasteiger partial charge in [0.05, 0.1) is 0 Å². The number of aryl methyl sites for hydroxylation is 1. The third kappa shape index (κ3) is 4.10. The number of aromatic amines is 1. The van der Waals surface area contributed by atoms with Crippen molar-refractivity contribution in [2.45, 2.75) is 52.0 Å². The van der Waals surface area contributed by atoms with Crippen molar-refractivity contribution in [3.63, 3.8) is 0 Å². The fraction of sp³-hybridized carbons (Fsp3) is 0.600. The zero-order valence-corrected chi connectivity index (χ0v) is 13.7. The molecule has 2 heterocycles. The molecule has 0 aliphatic carbocycles. The number of H-pyrrole nitrogens is 1. The zero-order chi connectivity index (χ0) is 17.9. The number of carbonyl (C=O) groups is 2. The Hall–Kier alpha value is -2.42. The number of hydrogen-bond acceptors (Lipinski definition) is 7. The summed E-state index contributed by atoms with van der Waals surface area (Å²) in [5.74, 6) is -0.988. The highest BCUT2D eigenvalue weighted by molar-refractivity contribution is 5.66. The smallest absolute Gasteiger partial charge is 0.330 e. The van der Waals surface area contributed by atoms with Crippen LogP contribution in [0.15, 0.2) is 15.8 Å². The molecule has 1 N–H and O–H groups in total. The molecule has 9 heteroatoms. The van der Waals surface area contributed by atoms with E-state index in [4.69, 9.17) is 14.2 Å². The van der Waals surface area contributed by atoms with E-state index in [0.29, 0.717) is 12.0 Å². The van der Waals surface area contributed by atoms with Gasteiger partial charge in [-0.3, -0.25) is 23.9 Å². The Bertz CT molecular complexity index is 736. The van der Waals surface area contributed by atoms with Crippen molar-refractivity contribution in [3.8, 4) is 0 Å². The maximum atomic E-state index is 12.0. The Balaban J connectivity index is 2.25. The molecule has 0 spiro atoms. The van der Waals surface area contributed by atoms with Gasteiger partial charge in [-0.1, -0.05) is 6.92 Å². The molecular formula is C15H20N2O7. The van der Waals surface area contributed by atoms with E-state index in [2.05, 4.69) is 4.98 Å². The van der Waals surface area contributed by atoms with Gasteiger partial charge in [0, 0.05) is 32.0 Å². The van der Waals surface area contributed by atoms with Crippen molar-refractivity contribution in [1.29, 1.82) is 0 Å². The average Bonchev–Trinajstić information content (AvgIpc) is 2.87. The summed E-state index contributed by atoms with van der Waals surface area (Å²) in [6.07, 6.45) is 0.0185. The third-order valence-corrected chi connectivity index (χ3v) is 3.68. The molecule has 0 saturated carbocycles. The maximum Gasteiger partial charge on any atom is 0.330 e. The second-order valence-corrected chi connectivity index (χ2v) is 5.49. The van der Waals surface area contributed by atoms with E-state index in [-0.39, 0.29) is 13.0 Å². The molecule has 2 rings (SSSR count). The van der Waals surface area contributed by atoms with Crippen LogP contribution >= 0.6 is 0 Å². The predicted molar refractivity (Wildman–Crippen MR) is 81.4 cm³/mol. The van der Waals surface area contributed by atoms with Crippen molar-refractivity contribution in [2.24, 2.45) is 0 Å². The largest absolute Gasteiger partial charge is 0.463 e. The van der Waals surface area contributed by atoms with Crippen molar-refractivity contribution >= 4 is 11.9 Å². The van der Waals surface area contributed by atoms with Gasteiger partial charge in [-0.05, 0) is 6.42 Å². The fourth-order valence-corrected chi connectivity index (χ4v) is 2.55. The van der Waals surface area contributed by atoms with E-state index in [1.807, 2.05) is 0 Å². The summed E-state index contributed by atoms with van der Waals surface area (Å²) < 4.78 is 17.1. The van der Waals surface area contributed by atoms with Crippen LogP contribution in [-0.2, 0) is 30.2 Å². The molecule has 24 heavy (non-hydrogen) atoms. The van der Waals surface area contributed by atoms with Crippen molar-refractivity contribution in [1.82, 2.24) is 9.55 Å². The van der Waals surface area contributed by atoms with Crippen LogP contribution in [0.5, 0.6) is 0 Å². The number of ether oxygens (including phenoxy) is 3. The fourth-order valence-electron chi connectivity index (χ4n) is 2.55. The molecule has 1 saturated heterocycles. The minimum atomic E-state index is -0.732. The molecule has 1 aromatic rings. The van der Waals surface area contributed by atoms with E-state index in [1.165, 1.54) is 24.6 Å². The molecule has 132 valence electrons. The first kappa shape index (κ1) is 17.9. The van der Waals surface area contributed by atoms with Gasteiger partial charge in [-0.2, -0.15) is 0 Å². The Labute approximate surface area is 137 Å². The summed E-state index contributed by atoms with van der Waals surface area (Å²) in [6.45, 7) is 4.22. The molecule has 3 atom stereocenters. The molecule has 0 radical (unpaired) electrons. The average molecular weight is 340 g/mol. The van der Waals surface area contributed by atoms with Crippen LogP contribution in [-0.4, -0.2) is 40.3 Å². The first-order valence-corrected chi connectivity index (χ1v) is 7.62. The molecular weight excluding hydrogens is 320 g/mol. The van der Waals surface area contributed by atoms with Gasteiger partial charge >= 0.3 is 17.6 Å². The lowest BCUT2D eigenvalue weighted by Crippen LogP contribution is -2.34. The summed E-state index contributed by atoms with van der Waals surface area (Å²) in [5.41, 5.74) is -0.618. The SMILES string of the molecule is CCc1cn([C@H]2C[C@H](OC(C)=O)[C@@H](COC(C)=O)O2)c(=O)[nH]c1=O. The zero-order valence-electron chi connectivity index (χ0n) is 13.7. The molecule has 1 aliphatic heterocycles. The van der Waals surface area contributed by atoms with Gasteiger partial charge in [0.15, 0.2) is 0 Å². The lowest BCUT2D eigenvalue weighted by atomic mass is 10.2. The van der Waals surface area contributed by atoms with Crippen LogP contribution in [0.1, 0.15) is 39.0 Å². The van der Waals surface area contributed by atoms with E-state index < -0.39 is 41.6 Å². The highest BCUT2D eigenvalue weighted by atomic mass is 16.6. The molecule has 0 bridgehead atoms. The van der Waals surface area contributed by atoms with Crippen LogP contribution in [0.25, 0.3) is 0 Å². The number of hydrogen-bond donors (Lipinski definition) is 1. The number of carbonyl (C=O) groups excluding carboxylic acids is 2. The molecule has 0 aromatic carbocycles. The van der Waals surface area contributed by atoms with Crippen LogP contribution in [0.2, 0.25) is 0 Å². The number of rotatable bonds is 5. The third-order valence-electron chi connectivity index (χ3n) is 3.68. The lowest BCUT2D eigenvalue weighted by molar-refractivity contribution is -0.155. The van der Waals surface area contributed by atoms with Crippen LogP contribution in [0.4, 0.5) is 0 Å². The Morgan fingerprint density at radius 2 is 2.04 bits per heavy atom. The Kier molecular flexibility index (Phi) is 5.55. The van der Waals surface area contributed by atoms with Gasteiger partial charge in [-0.15, -0.1) is 0 Å². The number of esters is 2. The second-order valence-electron chi connectivity index (χ2n) is 5.49.